The third kappa shape index (κ3) is 2.84. The molecule has 1 amide bonds. The molecule has 7 nitrogen and oxygen atoms in total. The Morgan fingerprint density at radius 3 is 2.95 bits per heavy atom. The van der Waals surface area contributed by atoms with E-state index in [4.69, 9.17) is 4.74 Å². The van der Waals surface area contributed by atoms with Gasteiger partial charge in [-0.15, -0.1) is 0 Å². The summed E-state index contributed by atoms with van der Waals surface area (Å²) in [7, 11) is 0. The predicted molar refractivity (Wildman–Crippen MR) is 82.2 cm³/mol. The van der Waals surface area contributed by atoms with Crippen LogP contribution in [-0.4, -0.2) is 30.2 Å². The first kappa shape index (κ1) is 14.6. The number of carbonyl (C=O) groups excluding carboxylic acids is 1. The van der Waals surface area contributed by atoms with Gasteiger partial charge in [0.05, 0.1) is 22.8 Å². The molecule has 1 aliphatic heterocycles. The SMILES string of the molecule is CCCC1CC1Nc1ccc([N+](=O)[O-])cc1N1CCOC1=O. The van der Waals surface area contributed by atoms with Crippen molar-refractivity contribution >= 4 is 23.2 Å². The average Bonchev–Trinajstić information content (AvgIpc) is 3.07. The Morgan fingerprint density at radius 1 is 1.50 bits per heavy atom. The minimum Gasteiger partial charge on any atom is -0.447 e. The summed E-state index contributed by atoms with van der Waals surface area (Å²) in [6, 6.07) is 4.97. The zero-order chi connectivity index (χ0) is 15.7. The molecule has 1 heterocycles. The summed E-state index contributed by atoms with van der Waals surface area (Å²) in [4.78, 5) is 23.8. The van der Waals surface area contributed by atoms with E-state index in [0.717, 1.165) is 18.5 Å². The Kier molecular flexibility index (Phi) is 3.87. The lowest BCUT2D eigenvalue weighted by Gasteiger charge is -2.18. The normalized spacial score (nSPS) is 23.3. The summed E-state index contributed by atoms with van der Waals surface area (Å²) in [5.41, 5.74) is 1.26. The third-order valence-corrected chi connectivity index (χ3v) is 4.17. The minimum absolute atomic E-state index is 0.0267. The van der Waals surface area contributed by atoms with Gasteiger partial charge in [0, 0.05) is 18.2 Å². The van der Waals surface area contributed by atoms with Gasteiger partial charge in [-0.2, -0.15) is 0 Å². The standard InChI is InChI=1S/C15H19N3O4/c1-2-3-10-8-13(10)16-12-5-4-11(18(20)21)9-14(12)17-6-7-22-15(17)19/h4-5,9-10,13,16H,2-3,6-8H2,1H3. The lowest BCUT2D eigenvalue weighted by molar-refractivity contribution is -0.384. The maximum Gasteiger partial charge on any atom is 0.414 e. The number of carbonyl (C=O) groups is 1. The molecule has 2 aliphatic rings. The molecule has 0 spiro atoms. The molecular weight excluding hydrogens is 286 g/mol. The van der Waals surface area contributed by atoms with E-state index >= 15 is 0 Å². The summed E-state index contributed by atoms with van der Waals surface area (Å²) in [6.45, 7) is 2.88. The molecule has 0 radical (unpaired) electrons. The molecule has 1 saturated heterocycles. The Balaban J connectivity index is 1.85. The van der Waals surface area contributed by atoms with Crippen molar-refractivity contribution < 1.29 is 14.5 Å². The number of nitro groups is 1. The quantitative estimate of drug-likeness (QED) is 0.644. The van der Waals surface area contributed by atoms with Gasteiger partial charge in [0.2, 0.25) is 0 Å². The van der Waals surface area contributed by atoms with Crippen molar-refractivity contribution in [1.82, 2.24) is 0 Å². The number of non-ortho nitro benzene ring substituents is 1. The van der Waals surface area contributed by atoms with Crippen LogP contribution in [0.25, 0.3) is 0 Å². The number of nitrogens with zero attached hydrogens (tertiary/aromatic N) is 2. The lowest BCUT2D eigenvalue weighted by atomic mass is 10.2. The number of rotatable bonds is 6. The molecule has 2 unspecified atom stereocenters. The number of nitro benzene ring substituents is 1. The van der Waals surface area contributed by atoms with Gasteiger partial charge in [-0.3, -0.25) is 15.0 Å². The molecule has 1 aliphatic carbocycles. The van der Waals surface area contributed by atoms with Crippen LogP contribution in [0, 0.1) is 16.0 Å². The summed E-state index contributed by atoms with van der Waals surface area (Å²) in [5, 5.41) is 14.4. The van der Waals surface area contributed by atoms with Crippen LogP contribution >= 0.6 is 0 Å². The average molecular weight is 305 g/mol. The molecule has 1 aromatic rings. The van der Waals surface area contributed by atoms with Crippen LogP contribution in [0.15, 0.2) is 18.2 Å². The molecule has 1 saturated carbocycles. The summed E-state index contributed by atoms with van der Waals surface area (Å²) >= 11 is 0. The van der Waals surface area contributed by atoms with E-state index in [2.05, 4.69) is 12.2 Å². The summed E-state index contributed by atoms with van der Waals surface area (Å²) < 4.78 is 4.94. The Labute approximate surface area is 128 Å². The predicted octanol–water partition coefficient (Wildman–Crippen LogP) is 3.15. The highest BCUT2D eigenvalue weighted by molar-refractivity contribution is 5.94. The zero-order valence-corrected chi connectivity index (χ0v) is 12.4. The second-order valence-corrected chi connectivity index (χ2v) is 5.76. The Bertz CT molecular complexity index is 604. The van der Waals surface area contributed by atoms with E-state index in [1.54, 1.807) is 6.07 Å². The molecule has 2 atom stereocenters. The van der Waals surface area contributed by atoms with Crippen molar-refractivity contribution in [2.75, 3.05) is 23.4 Å². The third-order valence-electron chi connectivity index (χ3n) is 4.17. The molecule has 1 aromatic carbocycles. The van der Waals surface area contributed by atoms with Crippen LogP contribution in [0.3, 0.4) is 0 Å². The summed E-state index contributed by atoms with van der Waals surface area (Å²) in [5.74, 6) is 0.651. The van der Waals surface area contributed by atoms with E-state index < -0.39 is 11.0 Å². The largest absolute Gasteiger partial charge is 0.447 e. The van der Waals surface area contributed by atoms with Crippen molar-refractivity contribution in [1.29, 1.82) is 0 Å². The van der Waals surface area contributed by atoms with E-state index in [1.165, 1.54) is 23.5 Å². The topological polar surface area (TPSA) is 84.7 Å². The number of benzene rings is 1. The molecule has 0 aromatic heterocycles. The van der Waals surface area contributed by atoms with E-state index in [9.17, 15) is 14.9 Å². The molecule has 118 valence electrons. The van der Waals surface area contributed by atoms with Crippen molar-refractivity contribution in [2.24, 2.45) is 5.92 Å². The first-order chi connectivity index (χ1) is 10.6. The molecular formula is C15H19N3O4. The number of ether oxygens (including phenoxy) is 1. The molecule has 2 fully saturated rings. The number of cyclic esters (lactones) is 1. The number of hydrogen-bond acceptors (Lipinski definition) is 5. The second kappa shape index (κ2) is 5.82. The zero-order valence-electron chi connectivity index (χ0n) is 12.4. The fourth-order valence-electron chi connectivity index (χ4n) is 2.91. The monoisotopic (exact) mass is 305 g/mol. The van der Waals surface area contributed by atoms with Crippen molar-refractivity contribution in [3.63, 3.8) is 0 Å². The Morgan fingerprint density at radius 2 is 2.32 bits per heavy atom. The van der Waals surface area contributed by atoms with Gasteiger partial charge in [0.15, 0.2) is 0 Å². The molecule has 1 N–H and O–H groups in total. The lowest BCUT2D eigenvalue weighted by Crippen LogP contribution is -2.25. The Hall–Kier alpha value is -2.31. The van der Waals surface area contributed by atoms with Crippen molar-refractivity contribution in [3.05, 3.63) is 28.3 Å². The first-order valence-corrected chi connectivity index (χ1v) is 7.59. The fourth-order valence-corrected chi connectivity index (χ4v) is 2.91. The number of nitrogens with one attached hydrogen (secondary N) is 1. The second-order valence-electron chi connectivity index (χ2n) is 5.76. The van der Waals surface area contributed by atoms with E-state index in [-0.39, 0.29) is 5.69 Å². The van der Waals surface area contributed by atoms with E-state index in [0.29, 0.717) is 30.8 Å². The van der Waals surface area contributed by atoms with Gasteiger partial charge in [0.25, 0.3) is 5.69 Å². The summed E-state index contributed by atoms with van der Waals surface area (Å²) in [6.07, 6.45) is 2.97. The maximum atomic E-state index is 11.8. The smallest absolute Gasteiger partial charge is 0.414 e. The van der Waals surface area contributed by atoms with Crippen LogP contribution in [0.5, 0.6) is 0 Å². The van der Waals surface area contributed by atoms with Crippen LogP contribution in [-0.2, 0) is 4.74 Å². The van der Waals surface area contributed by atoms with Gasteiger partial charge >= 0.3 is 6.09 Å². The highest BCUT2D eigenvalue weighted by atomic mass is 16.6. The van der Waals surface area contributed by atoms with Crippen LogP contribution < -0.4 is 10.2 Å². The van der Waals surface area contributed by atoms with Crippen LogP contribution in [0.1, 0.15) is 26.2 Å². The number of hydrogen-bond donors (Lipinski definition) is 1. The molecule has 3 rings (SSSR count). The molecule has 7 heteroatoms. The number of anilines is 2. The van der Waals surface area contributed by atoms with Gasteiger partial charge in [-0.05, 0) is 24.8 Å². The van der Waals surface area contributed by atoms with Gasteiger partial charge < -0.3 is 10.1 Å². The number of amides is 1. The van der Waals surface area contributed by atoms with Crippen LogP contribution in [0.2, 0.25) is 0 Å². The maximum absolute atomic E-state index is 11.8. The van der Waals surface area contributed by atoms with E-state index in [1.807, 2.05) is 0 Å². The minimum atomic E-state index is -0.454. The molecule has 22 heavy (non-hydrogen) atoms. The van der Waals surface area contributed by atoms with Gasteiger partial charge in [0.1, 0.15) is 6.61 Å². The van der Waals surface area contributed by atoms with Crippen LogP contribution in [0.4, 0.5) is 21.9 Å². The van der Waals surface area contributed by atoms with Crippen molar-refractivity contribution in [3.8, 4) is 0 Å². The van der Waals surface area contributed by atoms with Crippen molar-refractivity contribution in [2.45, 2.75) is 32.2 Å². The van der Waals surface area contributed by atoms with Gasteiger partial charge in [-0.25, -0.2) is 4.79 Å². The highest BCUT2D eigenvalue weighted by Crippen LogP contribution is 2.40. The van der Waals surface area contributed by atoms with Gasteiger partial charge in [-0.1, -0.05) is 13.3 Å². The molecule has 0 bridgehead atoms. The fraction of sp³-hybridized carbons (Fsp3) is 0.533. The first-order valence-electron chi connectivity index (χ1n) is 7.59. The highest BCUT2D eigenvalue weighted by Gasteiger charge is 2.37.